The Balaban J connectivity index is 2.00. The van der Waals surface area contributed by atoms with Crippen molar-refractivity contribution < 1.29 is 4.74 Å². The number of rotatable bonds is 6. The minimum absolute atomic E-state index is 0.873. The van der Waals surface area contributed by atoms with Crippen LogP contribution in [0.15, 0.2) is 72.0 Å². The Bertz CT molecular complexity index is 540. The van der Waals surface area contributed by atoms with E-state index >= 15 is 0 Å². The summed E-state index contributed by atoms with van der Waals surface area (Å²) in [5, 5.41) is 0. The third kappa shape index (κ3) is 4.27. The van der Waals surface area contributed by atoms with Crippen molar-refractivity contribution in [2.45, 2.75) is 26.2 Å². The first kappa shape index (κ1) is 14.4. The lowest BCUT2D eigenvalue weighted by atomic mass is 10.0. The van der Waals surface area contributed by atoms with Crippen molar-refractivity contribution in [2.24, 2.45) is 0 Å². The molecule has 0 aliphatic carbocycles. The summed E-state index contributed by atoms with van der Waals surface area (Å²) in [5.74, 6) is 1.09. The van der Waals surface area contributed by atoms with Crippen LogP contribution in [-0.2, 0) is 17.6 Å². The monoisotopic (exact) mass is 266 g/mol. The molecule has 0 saturated carbocycles. The highest BCUT2D eigenvalue weighted by atomic mass is 16.5. The summed E-state index contributed by atoms with van der Waals surface area (Å²) >= 11 is 0. The number of hydrogen-bond donors (Lipinski definition) is 0. The molecule has 104 valence electrons. The molecule has 0 aliphatic rings. The SMILES string of the molecule is CO/C(Cc1ccccc1)=C(\C)CCc1ccccc1. The first-order chi connectivity index (χ1) is 9.79. The molecule has 0 unspecified atom stereocenters. The Morgan fingerprint density at radius 3 is 1.95 bits per heavy atom. The second-order valence-electron chi connectivity index (χ2n) is 5.06. The minimum atomic E-state index is 0.873. The molecule has 0 bridgehead atoms. The van der Waals surface area contributed by atoms with Gasteiger partial charge in [-0.1, -0.05) is 60.7 Å². The van der Waals surface area contributed by atoms with E-state index in [9.17, 15) is 0 Å². The molecule has 20 heavy (non-hydrogen) atoms. The molecule has 2 aromatic rings. The summed E-state index contributed by atoms with van der Waals surface area (Å²) in [7, 11) is 1.77. The topological polar surface area (TPSA) is 9.23 Å². The van der Waals surface area contributed by atoms with Gasteiger partial charge in [0.05, 0.1) is 12.9 Å². The molecule has 0 amide bonds. The molecule has 0 heterocycles. The van der Waals surface area contributed by atoms with Crippen LogP contribution in [0.25, 0.3) is 0 Å². The molecule has 0 saturated heterocycles. The molecule has 1 nitrogen and oxygen atoms in total. The van der Waals surface area contributed by atoms with E-state index in [2.05, 4.69) is 61.5 Å². The number of benzene rings is 2. The Morgan fingerprint density at radius 2 is 1.40 bits per heavy atom. The van der Waals surface area contributed by atoms with Crippen molar-refractivity contribution in [3.63, 3.8) is 0 Å². The fourth-order valence-corrected chi connectivity index (χ4v) is 2.29. The Labute approximate surface area is 121 Å². The lowest BCUT2D eigenvalue weighted by molar-refractivity contribution is 0.277. The lowest BCUT2D eigenvalue weighted by Gasteiger charge is -2.11. The molecule has 0 aromatic heterocycles. The van der Waals surface area contributed by atoms with Gasteiger partial charge in [-0.2, -0.15) is 0 Å². The lowest BCUT2D eigenvalue weighted by Crippen LogP contribution is -1.98. The number of allylic oxidation sites excluding steroid dienone is 2. The summed E-state index contributed by atoms with van der Waals surface area (Å²) in [6, 6.07) is 21.1. The third-order valence-electron chi connectivity index (χ3n) is 3.56. The highest BCUT2D eigenvalue weighted by molar-refractivity contribution is 5.23. The molecular weight excluding hydrogens is 244 g/mol. The van der Waals surface area contributed by atoms with Gasteiger partial charge in [0.15, 0.2) is 0 Å². The second kappa shape index (κ2) is 7.54. The zero-order valence-electron chi connectivity index (χ0n) is 12.3. The quantitative estimate of drug-likeness (QED) is 0.683. The number of aryl methyl sites for hydroxylation is 1. The van der Waals surface area contributed by atoms with Crippen molar-refractivity contribution in [2.75, 3.05) is 7.11 Å². The number of hydrogen-bond acceptors (Lipinski definition) is 1. The predicted octanol–water partition coefficient (Wildman–Crippen LogP) is 4.78. The first-order valence-corrected chi connectivity index (χ1v) is 7.10. The summed E-state index contributed by atoms with van der Waals surface area (Å²) in [5.41, 5.74) is 4.01. The van der Waals surface area contributed by atoms with Gasteiger partial charge in [-0.3, -0.25) is 0 Å². The van der Waals surface area contributed by atoms with Gasteiger partial charge < -0.3 is 4.74 Å². The highest BCUT2D eigenvalue weighted by Gasteiger charge is 2.05. The van der Waals surface area contributed by atoms with Crippen LogP contribution in [0.2, 0.25) is 0 Å². The molecule has 1 heteroatoms. The fraction of sp³-hybridized carbons (Fsp3) is 0.263. The van der Waals surface area contributed by atoms with Gasteiger partial charge in [-0.25, -0.2) is 0 Å². The highest BCUT2D eigenvalue weighted by Crippen LogP contribution is 2.17. The van der Waals surface area contributed by atoms with Gasteiger partial charge in [0, 0.05) is 6.42 Å². The smallest absolute Gasteiger partial charge is 0.0988 e. The number of ether oxygens (including phenoxy) is 1. The predicted molar refractivity (Wildman–Crippen MR) is 84.6 cm³/mol. The van der Waals surface area contributed by atoms with Gasteiger partial charge in [0.2, 0.25) is 0 Å². The zero-order chi connectivity index (χ0) is 14.2. The van der Waals surface area contributed by atoms with Gasteiger partial charge in [-0.05, 0) is 36.5 Å². The van der Waals surface area contributed by atoms with Crippen LogP contribution in [0.3, 0.4) is 0 Å². The van der Waals surface area contributed by atoms with Gasteiger partial charge in [0.25, 0.3) is 0 Å². The van der Waals surface area contributed by atoms with Crippen LogP contribution < -0.4 is 0 Å². The first-order valence-electron chi connectivity index (χ1n) is 7.10. The summed E-state index contributed by atoms with van der Waals surface area (Å²) in [6.07, 6.45) is 2.98. The number of methoxy groups -OCH3 is 1. The van der Waals surface area contributed by atoms with Crippen LogP contribution in [0.4, 0.5) is 0 Å². The van der Waals surface area contributed by atoms with Crippen LogP contribution >= 0.6 is 0 Å². The second-order valence-corrected chi connectivity index (χ2v) is 5.06. The van der Waals surface area contributed by atoms with Crippen molar-refractivity contribution in [3.8, 4) is 0 Å². The van der Waals surface area contributed by atoms with Crippen molar-refractivity contribution in [3.05, 3.63) is 83.1 Å². The zero-order valence-corrected chi connectivity index (χ0v) is 12.3. The normalized spacial score (nSPS) is 11.9. The van der Waals surface area contributed by atoms with E-state index in [0.29, 0.717) is 0 Å². The molecular formula is C19H22O. The van der Waals surface area contributed by atoms with E-state index in [1.165, 1.54) is 16.7 Å². The Kier molecular flexibility index (Phi) is 5.43. The summed E-state index contributed by atoms with van der Waals surface area (Å²) in [4.78, 5) is 0. The van der Waals surface area contributed by atoms with Crippen LogP contribution in [0.5, 0.6) is 0 Å². The van der Waals surface area contributed by atoms with E-state index in [4.69, 9.17) is 4.74 Å². The molecule has 0 spiro atoms. The summed E-state index contributed by atoms with van der Waals surface area (Å²) in [6.45, 7) is 2.17. The van der Waals surface area contributed by atoms with E-state index in [1.807, 2.05) is 6.07 Å². The van der Waals surface area contributed by atoms with Gasteiger partial charge in [0.1, 0.15) is 0 Å². The molecule has 0 fully saturated rings. The Morgan fingerprint density at radius 1 is 0.850 bits per heavy atom. The van der Waals surface area contributed by atoms with Crippen molar-refractivity contribution >= 4 is 0 Å². The van der Waals surface area contributed by atoms with Crippen molar-refractivity contribution in [1.82, 2.24) is 0 Å². The fourth-order valence-electron chi connectivity index (χ4n) is 2.29. The van der Waals surface area contributed by atoms with Crippen LogP contribution in [0.1, 0.15) is 24.5 Å². The molecule has 2 rings (SSSR count). The maximum atomic E-state index is 5.58. The maximum absolute atomic E-state index is 5.58. The van der Waals surface area contributed by atoms with E-state index in [1.54, 1.807) is 7.11 Å². The molecule has 0 N–H and O–H groups in total. The molecule has 0 radical (unpaired) electrons. The molecule has 0 atom stereocenters. The van der Waals surface area contributed by atoms with Gasteiger partial charge >= 0.3 is 0 Å². The van der Waals surface area contributed by atoms with Crippen molar-refractivity contribution in [1.29, 1.82) is 0 Å². The summed E-state index contributed by atoms with van der Waals surface area (Å²) < 4.78 is 5.58. The van der Waals surface area contributed by atoms with E-state index in [-0.39, 0.29) is 0 Å². The molecule has 0 aliphatic heterocycles. The largest absolute Gasteiger partial charge is 0.501 e. The minimum Gasteiger partial charge on any atom is -0.501 e. The third-order valence-corrected chi connectivity index (χ3v) is 3.56. The Hall–Kier alpha value is -2.02. The standard InChI is InChI=1S/C19H22O/c1-16(13-14-17-9-5-3-6-10-17)19(20-2)15-18-11-7-4-8-12-18/h3-12H,13-15H2,1-2H3/b19-16+. The average molecular weight is 266 g/mol. The van der Waals surface area contributed by atoms with E-state index < -0.39 is 0 Å². The van der Waals surface area contributed by atoms with E-state index in [0.717, 1.165) is 25.0 Å². The van der Waals surface area contributed by atoms with Crippen LogP contribution in [0, 0.1) is 0 Å². The van der Waals surface area contributed by atoms with Gasteiger partial charge in [-0.15, -0.1) is 0 Å². The maximum Gasteiger partial charge on any atom is 0.0988 e. The van der Waals surface area contributed by atoms with Crippen LogP contribution in [-0.4, -0.2) is 7.11 Å². The average Bonchev–Trinajstić information content (AvgIpc) is 2.52. The molecule has 2 aromatic carbocycles.